The first-order valence-corrected chi connectivity index (χ1v) is 11.5. The minimum absolute atomic E-state index is 0.149. The molecule has 1 aromatic heterocycles. The molecule has 0 spiro atoms. The number of hydrazone groups is 1. The molecule has 5 rings (SSSR count). The van der Waals surface area contributed by atoms with Crippen LogP contribution >= 0.6 is 0 Å². The molecule has 1 saturated heterocycles. The second-order valence-corrected chi connectivity index (χ2v) is 8.23. The van der Waals surface area contributed by atoms with Crippen LogP contribution < -0.4 is 15.9 Å². The van der Waals surface area contributed by atoms with E-state index in [0.717, 1.165) is 43.1 Å². The van der Waals surface area contributed by atoms with Gasteiger partial charge < -0.3 is 9.64 Å². The predicted octanol–water partition coefficient (Wildman–Crippen LogP) is 3.05. The average molecular weight is 468 g/mol. The Morgan fingerprint density at radius 3 is 2.37 bits per heavy atom. The molecule has 0 radical (unpaired) electrons. The third-order valence-electron chi connectivity index (χ3n) is 5.91. The number of rotatable bonds is 6. The fraction of sp³-hybridized carbons (Fsp3) is 0.185. The van der Waals surface area contributed by atoms with Crippen LogP contribution in [0.3, 0.4) is 0 Å². The van der Waals surface area contributed by atoms with Crippen molar-refractivity contribution in [2.45, 2.75) is 6.54 Å². The molecule has 8 heteroatoms. The standard InChI is InChI=1S/C27H25N5O3/c33-26(29-28-18-20-10-12-22(13-11-20)31-14-16-35-17-15-31)25-23-8-4-5-9-24(23)27(34)32(30-25)19-21-6-2-1-3-7-21/h1-13,18H,14-17,19H2,(H,29,33)/b28-18+. The van der Waals surface area contributed by atoms with Crippen molar-refractivity contribution in [1.82, 2.24) is 15.2 Å². The minimum atomic E-state index is -0.482. The summed E-state index contributed by atoms with van der Waals surface area (Å²) in [4.78, 5) is 28.3. The molecular formula is C27H25N5O3. The first-order chi connectivity index (χ1) is 17.2. The van der Waals surface area contributed by atoms with Crippen LogP contribution in [-0.2, 0) is 11.3 Å². The molecule has 0 bridgehead atoms. The lowest BCUT2D eigenvalue weighted by molar-refractivity contribution is 0.0949. The lowest BCUT2D eigenvalue weighted by atomic mass is 10.1. The molecule has 1 aliphatic rings. The molecule has 8 nitrogen and oxygen atoms in total. The maximum Gasteiger partial charge on any atom is 0.292 e. The fourth-order valence-electron chi connectivity index (χ4n) is 4.08. The first-order valence-electron chi connectivity index (χ1n) is 11.5. The Morgan fingerprint density at radius 1 is 0.943 bits per heavy atom. The molecule has 4 aromatic rings. The maximum atomic E-state index is 13.0. The highest BCUT2D eigenvalue weighted by atomic mass is 16.5. The van der Waals surface area contributed by atoms with Gasteiger partial charge in [0.15, 0.2) is 5.69 Å². The van der Waals surface area contributed by atoms with Gasteiger partial charge in [-0.2, -0.15) is 10.2 Å². The summed E-state index contributed by atoms with van der Waals surface area (Å²) in [6, 6.07) is 24.5. The SMILES string of the molecule is O=C(N/N=C/c1ccc(N2CCOCC2)cc1)c1nn(Cc2ccccc2)c(=O)c2ccccc12. The van der Waals surface area contributed by atoms with Gasteiger partial charge in [-0.25, -0.2) is 10.1 Å². The number of ether oxygens (including phenoxy) is 1. The van der Waals surface area contributed by atoms with Crippen LogP contribution in [0, 0.1) is 0 Å². The van der Waals surface area contributed by atoms with Crippen LogP contribution in [0.4, 0.5) is 5.69 Å². The van der Waals surface area contributed by atoms with Crippen molar-refractivity contribution in [3.63, 3.8) is 0 Å². The molecule has 1 aliphatic heterocycles. The van der Waals surface area contributed by atoms with Crippen molar-refractivity contribution in [3.8, 4) is 0 Å². The van der Waals surface area contributed by atoms with E-state index in [1.54, 1.807) is 30.5 Å². The largest absolute Gasteiger partial charge is 0.378 e. The van der Waals surface area contributed by atoms with Gasteiger partial charge in [-0.15, -0.1) is 0 Å². The summed E-state index contributed by atoms with van der Waals surface area (Å²) in [5, 5.41) is 9.43. The number of fused-ring (bicyclic) bond motifs is 1. The van der Waals surface area contributed by atoms with Gasteiger partial charge in [0.05, 0.1) is 31.4 Å². The zero-order chi connectivity index (χ0) is 24.0. The van der Waals surface area contributed by atoms with Crippen LogP contribution in [0.15, 0.2) is 88.8 Å². The highest BCUT2D eigenvalue weighted by Crippen LogP contribution is 2.16. The second-order valence-electron chi connectivity index (χ2n) is 8.23. The van der Waals surface area contributed by atoms with Gasteiger partial charge in [0.25, 0.3) is 11.5 Å². The molecule has 1 amide bonds. The molecule has 0 atom stereocenters. The maximum absolute atomic E-state index is 13.0. The number of nitrogens with one attached hydrogen (secondary N) is 1. The van der Waals surface area contributed by atoms with Gasteiger partial charge in [0, 0.05) is 24.2 Å². The first kappa shape index (κ1) is 22.5. The Labute approximate surface area is 202 Å². The van der Waals surface area contributed by atoms with Crippen LogP contribution in [0.1, 0.15) is 21.6 Å². The molecule has 0 unspecified atom stereocenters. The van der Waals surface area contributed by atoms with E-state index in [2.05, 4.69) is 20.5 Å². The number of anilines is 1. The molecule has 1 N–H and O–H groups in total. The van der Waals surface area contributed by atoms with E-state index in [0.29, 0.717) is 10.8 Å². The molecule has 0 saturated carbocycles. The Bertz CT molecular complexity index is 1410. The van der Waals surface area contributed by atoms with E-state index in [1.165, 1.54) is 4.68 Å². The van der Waals surface area contributed by atoms with Crippen LogP contribution in [-0.4, -0.2) is 48.2 Å². The number of morpholine rings is 1. The number of nitrogens with zero attached hydrogens (tertiary/aromatic N) is 4. The van der Waals surface area contributed by atoms with E-state index < -0.39 is 5.91 Å². The number of amides is 1. The van der Waals surface area contributed by atoms with Gasteiger partial charge in [-0.1, -0.05) is 60.7 Å². The predicted molar refractivity (Wildman–Crippen MR) is 136 cm³/mol. The summed E-state index contributed by atoms with van der Waals surface area (Å²) < 4.78 is 6.72. The van der Waals surface area contributed by atoms with Crippen molar-refractivity contribution in [2.75, 3.05) is 31.2 Å². The average Bonchev–Trinajstić information content (AvgIpc) is 2.92. The third-order valence-corrected chi connectivity index (χ3v) is 5.91. The van der Waals surface area contributed by atoms with E-state index in [9.17, 15) is 9.59 Å². The highest BCUT2D eigenvalue weighted by molar-refractivity contribution is 6.05. The van der Waals surface area contributed by atoms with Crippen LogP contribution in [0.25, 0.3) is 10.8 Å². The molecular weight excluding hydrogens is 442 g/mol. The summed E-state index contributed by atoms with van der Waals surface area (Å²) in [6.07, 6.45) is 1.59. The zero-order valence-corrected chi connectivity index (χ0v) is 19.1. The highest BCUT2D eigenvalue weighted by Gasteiger charge is 2.16. The summed E-state index contributed by atoms with van der Waals surface area (Å²) in [7, 11) is 0. The molecule has 35 heavy (non-hydrogen) atoms. The van der Waals surface area contributed by atoms with Crippen molar-refractivity contribution in [2.24, 2.45) is 5.10 Å². The normalized spacial score (nSPS) is 13.9. The fourth-order valence-corrected chi connectivity index (χ4v) is 4.08. The van der Waals surface area contributed by atoms with Crippen LogP contribution in [0.5, 0.6) is 0 Å². The second kappa shape index (κ2) is 10.3. The molecule has 176 valence electrons. The summed E-state index contributed by atoms with van der Waals surface area (Å²) in [6.45, 7) is 3.48. The quantitative estimate of drug-likeness (QED) is 0.348. The number of hydrogen-bond donors (Lipinski definition) is 1. The van der Waals surface area contributed by atoms with Crippen molar-refractivity contribution in [3.05, 3.63) is 106 Å². The van der Waals surface area contributed by atoms with E-state index in [4.69, 9.17) is 4.74 Å². The number of carbonyl (C=O) groups excluding carboxylic acids is 1. The van der Waals surface area contributed by atoms with Crippen LogP contribution in [0.2, 0.25) is 0 Å². The Balaban J connectivity index is 1.35. The monoisotopic (exact) mass is 467 g/mol. The Hall–Kier alpha value is -4.30. The smallest absolute Gasteiger partial charge is 0.292 e. The van der Waals surface area contributed by atoms with Gasteiger partial charge in [0.2, 0.25) is 0 Å². The minimum Gasteiger partial charge on any atom is -0.378 e. The Kier molecular flexibility index (Phi) is 6.63. The summed E-state index contributed by atoms with van der Waals surface area (Å²) >= 11 is 0. The van der Waals surface area contributed by atoms with Crippen molar-refractivity contribution in [1.29, 1.82) is 0 Å². The van der Waals surface area contributed by atoms with Crippen molar-refractivity contribution < 1.29 is 9.53 Å². The van der Waals surface area contributed by atoms with Gasteiger partial charge in [-0.3, -0.25) is 9.59 Å². The molecule has 1 fully saturated rings. The van der Waals surface area contributed by atoms with E-state index >= 15 is 0 Å². The van der Waals surface area contributed by atoms with Gasteiger partial charge in [0.1, 0.15) is 0 Å². The number of benzene rings is 3. The Morgan fingerprint density at radius 2 is 1.63 bits per heavy atom. The van der Waals surface area contributed by atoms with Crippen molar-refractivity contribution >= 4 is 28.6 Å². The number of carbonyl (C=O) groups is 1. The summed E-state index contributed by atoms with van der Waals surface area (Å²) in [5.74, 6) is -0.482. The molecule has 3 aromatic carbocycles. The lowest BCUT2D eigenvalue weighted by Crippen LogP contribution is -2.36. The van der Waals surface area contributed by atoms with Gasteiger partial charge >= 0.3 is 0 Å². The lowest BCUT2D eigenvalue weighted by Gasteiger charge is -2.28. The third kappa shape index (κ3) is 5.12. The van der Waals surface area contributed by atoms with E-state index in [1.807, 2.05) is 54.6 Å². The zero-order valence-electron chi connectivity index (χ0n) is 19.1. The number of aromatic nitrogens is 2. The summed E-state index contributed by atoms with van der Waals surface area (Å²) in [5.41, 5.74) is 5.36. The van der Waals surface area contributed by atoms with Gasteiger partial charge in [-0.05, 0) is 29.3 Å². The molecule has 2 heterocycles. The topological polar surface area (TPSA) is 88.8 Å². The number of hydrogen-bond acceptors (Lipinski definition) is 6. The molecule has 0 aliphatic carbocycles. The van der Waals surface area contributed by atoms with E-state index in [-0.39, 0.29) is 17.8 Å².